The van der Waals surface area contributed by atoms with Gasteiger partial charge in [-0.2, -0.15) is 0 Å². The quantitative estimate of drug-likeness (QED) is 0.742. The molecule has 3 aromatic carbocycles. The molecule has 0 aliphatic carbocycles. The van der Waals surface area contributed by atoms with Gasteiger partial charge in [-0.3, -0.25) is 4.79 Å². The summed E-state index contributed by atoms with van der Waals surface area (Å²) in [5.74, 6) is 0.554. The highest BCUT2D eigenvalue weighted by atomic mass is 16.5. The number of carbonyl (C=O) groups is 1. The topological polar surface area (TPSA) is 38.3 Å². The van der Waals surface area contributed by atoms with Crippen LogP contribution < -0.4 is 10.1 Å². The van der Waals surface area contributed by atoms with Crippen molar-refractivity contribution < 1.29 is 9.53 Å². The number of hydrogen-bond donors (Lipinski definition) is 1. The van der Waals surface area contributed by atoms with Crippen LogP contribution >= 0.6 is 0 Å². The summed E-state index contributed by atoms with van der Waals surface area (Å²) in [5.41, 5.74) is 4.04. The van der Waals surface area contributed by atoms with E-state index < -0.39 is 0 Å². The second-order valence-electron chi connectivity index (χ2n) is 5.55. The van der Waals surface area contributed by atoms with Gasteiger partial charge in [0.15, 0.2) is 6.61 Å². The molecule has 3 rings (SSSR count). The first-order valence-electron chi connectivity index (χ1n) is 7.86. The van der Waals surface area contributed by atoms with Gasteiger partial charge in [0.2, 0.25) is 0 Å². The van der Waals surface area contributed by atoms with Gasteiger partial charge < -0.3 is 10.1 Å². The minimum atomic E-state index is -0.175. The molecule has 3 heteroatoms. The van der Waals surface area contributed by atoms with Gasteiger partial charge >= 0.3 is 0 Å². The highest BCUT2D eigenvalue weighted by Gasteiger charge is 2.05. The molecule has 0 aromatic heterocycles. The zero-order valence-electron chi connectivity index (χ0n) is 13.5. The standard InChI is InChI=1S/C21H19NO2/c1-16-7-5-6-10-20(16)24-15-21(23)22-19-13-11-18(12-14-19)17-8-3-2-4-9-17/h2-14H,15H2,1H3,(H,22,23). The summed E-state index contributed by atoms with van der Waals surface area (Å²) in [4.78, 5) is 12.0. The van der Waals surface area contributed by atoms with Crippen LogP contribution in [0.2, 0.25) is 0 Å². The lowest BCUT2D eigenvalue weighted by Gasteiger charge is -2.10. The van der Waals surface area contributed by atoms with E-state index in [-0.39, 0.29) is 12.5 Å². The highest BCUT2D eigenvalue weighted by molar-refractivity contribution is 5.92. The Hall–Kier alpha value is -3.07. The summed E-state index contributed by atoms with van der Waals surface area (Å²) in [7, 11) is 0. The van der Waals surface area contributed by atoms with Gasteiger partial charge in [-0.05, 0) is 41.8 Å². The van der Waals surface area contributed by atoms with Crippen LogP contribution in [0.4, 0.5) is 5.69 Å². The van der Waals surface area contributed by atoms with Crippen LogP contribution in [0.25, 0.3) is 11.1 Å². The molecule has 0 aliphatic rings. The fourth-order valence-electron chi connectivity index (χ4n) is 2.44. The van der Waals surface area contributed by atoms with E-state index in [9.17, 15) is 4.79 Å². The molecule has 0 saturated carbocycles. The number of ether oxygens (including phenoxy) is 1. The second kappa shape index (κ2) is 7.47. The summed E-state index contributed by atoms with van der Waals surface area (Å²) in [6.45, 7) is 1.95. The van der Waals surface area contributed by atoms with E-state index in [1.807, 2.05) is 73.7 Å². The Balaban J connectivity index is 1.58. The molecule has 0 bridgehead atoms. The Morgan fingerprint density at radius 2 is 1.46 bits per heavy atom. The molecule has 0 spiro atoms. The molecule has 1 N–H and O–H groups in total. The van der Waals surface area contributed by atoms with E-state index in [0.717, 1.165) is 28.1 Å². The average molecular weight is 317 g/mol. The van der Waals surface area contributed by atoms with E-state index in [2.05, 4.69) is 17.4 Å². The number of nitrogens with one attached hydrogen (secondary N) is 1. The number of anilines is 1. The predicted molar refractivity (Wildman–Crippen MR) is 97.2 cm³/mol. The number of benzene rings is 3. The van der Waals surface area contributed by atoms with Gasteiger partial charge in [0.1, 0.15) is 5.75 Å². The minimum Gasteiger partial charge on any atom is -0.483 e. The van der Waals surface area contributed by atoms with Crippen LogP contribution in [0.5, 0.6) is 5.75 Å². The Morgan fingerprint density at radius 1 is 0.833 bits per heavy atom. The zero-order chi connectivity index (χ0) is 16.8. The summed E-state index contributed by atoms with van der Waals surface area (Å²) >= 11 is 0. The molecule has 24 heavy (non-hydrogen) atoms. The van der Waals surface area contributed by atoms with Crippen molar-refractivity contribution in [2.24, 2.45) is 0 Å². The highest BCUT2D eigenvalue weighted by Crippen LogP contribution is 2.21. The van der Waals surface area contributed by atoms with E-state index in [1.54, 1.807) is 0 Å². The van der Waals surface area contributed by atoms with Gasteiger partial charge in [0.25, 0.3) is 5.91 Å². The molecular formula is C21H19NO2. The van der Waals surface area contributed by atoms with Gasteiger partial charge in [0, 0.05) is 5.69 Å². The summed E-state index contributed by atoms with van der Waals surface area (Å²) in [6.07, 6.45) is 0. The van der Waals surface area contributed by atoms with Crippen LogP contribution in [0, 0.1) is 6.92 Å². The second-order valence-corrected chi connectivity index (χ2v) is 5.55. The first-order valence-corrected chi connectivity index (χ1v) is 7.86. The van der Waals surface area contributed by atoms with Crippen molar-refractivity contribution in [1.29, 1.82) is 0 Å². The third-order valence-electron chi connectivity index (χ3n) is 3.73. The fourth-order valence-corrected chi connectivity index (χ4v) is 2.44. The van der Waals surface area contributed by atoms with E-state index in [0.29, 0.717) is 0 Å². The van der Waals surface area contributed by atoms with Crippen LogP contribution in [0.1, 0.15) is 5.56 Å². The Bertz CT molecular complexity index is 811. The first-order chi connectivity index (χ1) is 11.7. The number of aryl methyl sites for hydroxylation is 1. The molecular weight excluding hydrogens is 298 g/mol. The van der Waals surface area contributed by atoms with Crippen LogP contribution in [0.15, 0.2) is 78.9 Å². The van der Waals surface area contributed by atoms with Crippen molar-refractivity contribution >= 4 is 11.6 Å². The molecule has 3 aromatic rings. The van der Waals surface area contributed by atoms with Crippen molar-refractivity contribution in [3.05, 3.63) is 84.4 Å². The van der Waals surface area contributed by atoms with Crippen molar-refractivity contribution in [1.82, 2.24) is 0 Å². The summed E-state index contributed by atoms with van der Waals surface area (Å²) in [6, 6.07) is 25.6. The van der Waals surface area contributed by atoms with Crippen LogP contribution in [-0.4, -0.2) is 12.5 Å². The fraction of sp³-hybridized carbons (Fsp3) is 0.0952. The molecule has 0 unspecified atom stereocenters. The number of rotatable bonds is 5. The molecule has 0 fully saturated rings. The third kappa shape index (κ3) is 4.02. The molecule has 0 radical (unpaired) electrons. The predicted octanol–water partition coefficient (Wildman–Crippen LogP) is 4.68. The molecule has 3 nitrogen and oxygen atoms in total. The molecule has 0 aliphatic heterocycles. The smallest absolute Gasteiger partial charge is 0.262 e. The van der Waals surface area contributed by atoms with Gasteiger partial charge in [0.05, 0.1) is 0 Å². The van der Waals surface area contributed by atoms with Gasteiger partial charge in [-0.1, -0.05) is 60.7 Å². The largest absolute Gasteiger partial charge is 0.483 e. The maximum Gasteiger partial charge on any atom is 0.262 e. The number of carbonyl (C=O) groups excluding carboxylic acids is 1. The van der Waals surface area contributed by atoms with Crippen LogP contribution in [-0.2, 0) is 4.79 Å². The summed E-state index contributed by atoms with van der Waals surface area (Å²) in [5, 5.41) is 2.85. The Labute approximate surface area is 141 Å². The van der Waals surface area contributed by atoms with Crippen molar-refractivity contribution in [2.45, 2.75) is 6.92 Å². The van der Waals surface area contributed by atoms with Gasteiger partial charge in [-0.15, -0.1) is 0 Å². The number of amides is 1. The normalized spacial score (nSPS) is 10.2. The summed E-state index contributed by atoms with van der Waals surface area (Å²) < 4.78 is 5.55. The Morgan fingerprint density at radius 3 is 2.17 bits per heavy atom. The number of para-hydroxylation sites is 1. The van der Waals surface area contributed by atoms with Gasteiger partial charge in [-0.25, -0.2) is 0 Å². The van der Waals surface area contributed by atoms with Crippen molar-refractivity contribution in [2.75, 3.05) is 11.9 Å². The maximum atomic E-state index is 12.0. The third-order valence-corrected chi connectivity index (χ3v) is 3.73. The lowest BCUT2D eigenvalue weighted by molar-refractivity contribution is -0.118. The lowest BCUT2D eigenvalue weighted by Crippen LogP contribution is -2.20. The van der Waals surface area contributed by atoms with Crippen molar-refractivity contribution in [3.63, 3.8) is 0 Å². The number of hydrogen-bond acceptors (Lipinski definition) is 2. The van der Waals surface area contributed by atoms with E-state index >= 15 is 0 Å². The zero-order valence-corrected chi connectivity index (χ0v) is 13.5. The molecule has 1 amide bonds. The maximum absolute atomic E-state index is 12.0. The SMILES string of the molecule is Cc1ccccc1OCC(=O)Nc1ccc(-c2ccccc2)cc1. The molecule has 0 heterocycles. The van der Waals surface area contributed by atoms with E-state index in [1.165, 1.54) is 0 Å². The molecule has 0 saturated heterocycles. The minimum absolute atomic E-state index is 0.00864. The van der Waals surface area contributed by atoms with Crippen molar-refractivity contribution in [3.8, 4) is 16.9 Å². The van der Waals surface area contributed by atoms with E-state index in [4.69, 9.17) is 4.74 Å². The average Bonchev–Trinajstić information content (AvgIpc) is 2.62. The molecule has 0 atom stereocenters. The monoisotopic (exact) mass is 317 g/mol. The van der Waals surface area contributed by atoms with Crippen LogP contribution in [0.3, 0.4) is 0 Å². The molecule has 120 valence electrons. The Kier molecular flexibility index (Phi) is 4.92. The lowest BCUT2D eigenvalue weighted by atomic mass is 10.1. The first kappa shape index (κ1) is 15.8.